The highest BCUT2D eigenvalue weighted by atomic mass is 15.2. The quantitative estimate of drug-likeness (QED) is 0.165. The van der Waals surface area contributed by atoms with Crippen LogP contribution < -0.4 is 26.2 Å². The van der Waals surface area contributed by atoms with Crippen LogP contribution in [0.4, 0.5) is 34.1 Å². The summed E-state index contributed by atoms with van der Waals surface area (Å²) in [6.07, 6.45) is 0. The molecule has 2 aliphatic rings. The van der Waals surface area contributed by atoms with Gasteiger partial charge in [0.05, 0.1) is 0 Å². The molecule has 0 aliphatic carbocycles. The van der Waals surface area contributed by atoms with Gasteiger partial charge in [-0.25, -0.2) is 0 Å². The van der Waals surface area contributed by atoms with Gasteiger partial charge in [-0.15, -0.1) is 0 Å². The maximum Gasteiger partial charge on any atom is 0.252 e. The summed E-state index contributed by atoms with van der Waals surface area (Å²) in [7, 11) is 0. The lowest BCUT2D eigenvalue weighted by molar-refractivity contribution is 1.25. The first-order chi connectivity index (χ1) is 27.3. The lowest BCUT2D eigenvalue weighted by Crippen LogP contribution is -2.61. The van der Waals surface area contributed by atoms with Gasteiger partial charge in [0, 0.05) is 34.1 Å². The fourth-order valence-electron chi connectivity index (χ4n) is 8.86. The van der Waals surface area contributed by atoms with E-state index in [-0.39, 0.29) is 6.71 Å². The zero-order chi connectivity index (χ0) is 36.3. The first-order valence-electron chi connectivity index (χ1n) is 19.0. The monoisotopic (exact) mass is 698 g/mol. The molecule has 2 heterocycles. The Hall–Kier alpha value is -7.10. The van der Waals surface area contributed by atoms with Crippen molar-refractivity contribution in [1.82, 2.24) is 0 Å². The van der Waals surface area contributed by atoms with Crippen molar-refractivity contribution in [1.29, 1.82) is 0 Å². The van der Waals surface area contributed by atoms with Crippen molar-refractivity contribution in [2.24, 2.45) is 0 Å². The SMILES string of the molecule is c1ccc(-c2ccc(N3c4ccc(-c5ccccc5)cc4B4c5ccccc5N(c5ccccc5)c5cc(-c6ccc7ccccc7c6)cc3c54)cc2)cc1. The van der Waals surface area contributed by atoms with Gasteiger partial charge in [-0.3, -0.25) is 0 Å². The average Bonchev–Trinajstić information content (AvgIpc) is 3.27. The van der Waals surface area contributed by atoms with Crippen molar-refractivity contribution in [2.75, 3.05) is 9.80 Å². The van der Waals surface area contributed by atoms with E-state index in [4.69, 9.17) is 0 Å². The Balaban J connectivity index is 1.22. The third-order valence-electron chi connectivity index (χ3n) is 11.4. The molecule has 0 saturated carbocycles. The number of fused-ring (bicyclic) bond motifs is 5. The van der Waals surface area contributed by atoms with E-state index in [1.54, 1.807) is 0 Å². The molecule has 9 aromatic rings. The Morgan fingerprint density at radius 3 is 1.47 bits per heavy atom. The molecule has 0 radical (unpaired) electrons. The number of hydrogen-bond acceptors (Lipinski definition) is 2. The normalized spacial score (nSPS) is 12.6. The van der Waals surface area contributed by atoms with E-state index < -0.39 is 0 Å². The van der Waals surface area contributed by atoms with Gasteiger partial charge >= 0.3 is 0 Å². The smallest absolute Gasteiger partial charge is 0.252 e. The molecule has 3 heteroatoms. The van der Waals surface area contributed by atoms with Gasteiger partial charge in [-0.1, -0.05) is 158 Å². The molecule has 9 aromatic carbocycles. The number of para-hydroxylation sites is 2. The third-order valence-corrected chi connectivity index (χ3v) is 11.4. The van der Waals surface area contributed by atoms with Crippen molar-refractivity contribution in [3.05, 3.63) is 212 Å². The predicted octanol–water partition coefficient (Wildman–Crippen LogP) is 11.9. The van der Waals surface area contributed by atoms with Gasteiger partial charge in [0.2, 0.25) is 0 Å². The molecule has 55 heavy (non-hydrogen) atoms. The maximum atomic E-state index is 2.51. The summed E-state index contributed by atoms with van der Waals surface area (Å²) in [5.41, 5.74) is 18.3. The Morgan fingerprint density at radius 1 is 0.273 bits per heavy atom. The summed E-state index contributed by atoms with van der Waals surface area (Å²) in [5.74, 6) is 0. The first-order valence-corrected chi connectivity index (χ1v) is 19.0. The minimum absolute atomic E-state index is 0.0327. The second-order valence-corrected chi connectivity index (χ2v) is 14.5. The van der Waals surface area contributed by atoms with E-state index >= 15 is 0 Å². The summed E-state index contributed by atoms with van der Waals surface area (Å²) < 4.78 is 0. The standard InChI is InChI=1S/C52H35BN2/c1-4-14-36(15-5-1)39-26-29-45(30-27-39)55-49-31-28-42(37-16-6-2-7-17-37)33-47(49)53-46-22-12-13-23-48(46)54(44-20-8-3-9-21-44)50-34-43(35-51(55)52(50)53)41-25-24-38-18-10-11-19-40(38)32-41/h1-35H. The lowest BCUT2D eigenvalue weighted by atomic mass is 9.33. The highest BCUT2D eigenvalue weighted by molar-refractivity contribution is 7.00. The van der Waals surface area contributed by atoms with Crippen molar-refractivity contribution >= 4 is 68.0 Å². The van der Waals surface area contributed by atoms with E-state index in [0.29, 0.717) is 0 Å². The van der Waals surface area contributed by atoms with Crippen molar-refractivity contribution in [2.45, 2.75) is 0 Å². The van der Waals surface area contributed by atoms with Gasteiger partial charge in [0.15, 0.2) is 0 Å². The number of anilines is 6. The molecule has 0 N–H and O–H groups in total. The molecule has 2 nitrogen and oxygen atoms in total. The molecule has 0 spiro atoms. The summed E-state index contributed by atoms with van der Waals surface area (Å²) in [6, 6.07) is 77.9. The van der Waals surface area contributed by atoms with E-state index in [0.717, 1.165) is 11.4 Å². The largest absolute Gasteiger partial charge is 0.311 e. The van der Waals surface area contributed by atoms with Gasteiger partial charge in [0.25, 0.3) is 6.71 Å². The molecular formula is C52H35BN2. The number of hydrogen-bond donors (Lipinski definition) is 0. The van der Waals surface area contributed by atoms with Crippen LogP contribution in [0.5, 0.6) is 0 Å². The third kappa shape index (κ3) is 5.20. The van der Waals surface area contributed by atoms with E-state index in [1.165, 1.54) is 83.3 Å². The van der Waals surface area contributed by atoms with Gasteiger partial charge in [-0.05, 0) is 115 Å². The van der Waals surface area contributed by atoms with Crippen LogP contribution in [0.3, 0.4) is 0 Å². The van der Waals surface area contributed by atoms with E-state index in [9.17, 15) is 0 Å². The van der Waals surface area contributed by atoms with Gasteiger partial charge in [0.1, 0.15) is 0 Å². The molecule has 0 atom stereocenters. The van der Waals surface area contributed by atoms with Crippen molar-refractivity contribution in [3.63, 3.8) is 0 Å². The lowest BCUT2D eigenvalue weighted by Gasteiger charge is -2.44. The highest BCUT2D eigenvalue weighted by Crippen LogP contribution is 2.46. The number of nitrogens with zero attached hydrogens (tertiary/aromatic N) is 2. The Kier molecular flexibility index (Phi) is 7.31. The maximum absolute atomic E-state index is 2.51. The fourth-order valence-corrected chi connectivity index (χ4v) is 8.86. The fraction of sp³-hybridized carbons (Fsp3) is 0. The van der Waals surface area contributed by atoms with Crippen LogP contribution in [-0.2, 0) is 0 Å². The van der Waals surface area contributed by atoms with Crippen LogP contribution in [0.15, 0.2) is 212 Å². The Morgan fingerprint density at radius 2 is 0.764 bits per heavy atom. The number of benzene rings is 9. The average molecular weight is 699 g/mol. The van der Waals surface area contributed by atoms with Crippen LogP contribution >= 0.6 is 0 Å². The Labute approximate surface area is 322 Å². The predicted molar refractivity (Wildman–Crippen MR) is 234 cm³/mol. The van der Waals surface area contributed by atoms with Crippen LogP contribution in [0.25, 0.3) is 44.2 Å². The summed E-state index contributed by atoms with van der Waals surface area (Å²) in [6.45, 7) is 0.0327. The summed E-state index contributed by atoms with van der Waals surface area (Å²) in [5, 5.41) is 2.48. The zero-order valence-electron chi connectivity index (χ0n) is 30.2. The van der Waals surface area contributed by atoms with Crippen LogP contribution in [0, 0.1) is 0 Å². The minimum Gasteiger partial charge on any atom is -0.311 e. The van der Waals surface area contributed by atoms with E-state index in [2.05, 4.69) is 222 Å². The van der Waals surface area contributed by atoms with E-state index in [1.807, 2.05) is 0 Å². The molecule has 2 aliphatic heterocycles. The van der Waals surface area contributed by atoms with Crippen LogP contribution in [0.1, 0.15) is 0 Å². The van der Waals surface area contributed by atoms with Crippen LogP contribution in [0.2, 0.25) is 0 Å². The Bertz CT molecular complexity index is 2870. The number of rotatable bonds is 5. The second kappa shape index (κ2) is 12.8. The van der Waals surface area contributed by atoms with Crippen LogP contribution in [-0.4, -0.2) is 6.71 Å². The molecule has 0 amide bonds. The molecule has 256 valence electrons. The highest BCUT2D eigenvalue weighted by Gasteiger charge is 2.43. The minimum atomic E-state index is 0.0327. The topological polar surface area (TPSA) is 6.48 Å². The van der Waals surface area contributed by atoms with Gasteiger partial charge < -0.3 is 9.80 Å². The molecular weight excluding hydrogens is 663 g/mol. The molecule has 11 rings (SSSR count). The first kappa shape index (κ1) is 31.4. The van der Waals surface area contributed by atoms with Crippen molar-refractivity contribution < 1.29 is 0 Å². The summed E-state index contributed by atoms with van der Waals surface area (Å²) >= 11 is 0. The molecule has 0 unspecified atom stereocenters. The van der Waals surface area contributed by atoms with Gasteiger partial charge in [-0.2, -0.15) is 0 Å². The molecule has 0 fully saturated rings. The molecule has 0 aromatic heterocycles. The molecule has 0 saturated heterocycles. The summed E-state index contributed by atoms with van der Waals surface area (Å²) in [4.78, 5) is 4.99. The zero-order valence-corrected chi connectivity index (χ0v) is 30.2. The second-order valence-electron chi connectivity index (χ2n) is 14.5. The molecule has 0 bridgehead atoms. The van der Waals surface area contributed by atoms with Crippen molar-refractivity contribution in [3.8, 4) is 33.4 Å².